The monoisotopic (exact) mass is 295 g/mol. The lowest BCUT2D eigenvalue weighted by atomic mass is 9.97. The minimum atomic E-state index is -4.42. The Hall–Kier alpha value is -1.82. The van der Waals surface area contributed by atoms with Gasteiger partial charge < -0.3 is 5.73 Å². The standard InChI is InChI=1S/C15H16F3N3/c16-15(17,18)13-8-9-21(20-13)12-7-3-5-10-4-1-2-6-11(10)14(12)19/h1-2,4,6,8-9,12,14H,3,5,7,19H2. The molecule has 2 aromatic rings. The van der Waals surface area contributed by atoms with Crippen molar-refractivity contribution in [2.24, 2.45) is 5.73 Å². The lowest BCUT2D eigenvalue weighted by Gasteiger charge is -2.23. The number of hydrogen-bond acceptors (Lipinski definition) is 2. The summed E-state index contributed by atoms with van der Waals surface area (Å²) in [5.74, 6) is 0. The Labute approximate surface area is 120 Å². The van der Waals surface area contributed by atoms with E-state index in [2.05, 4.69) is 5.10 Å². The molecule has 0 radical (unpaired) electrons. The molecule has 21 heavy (non-hydrogen) atoms. The molecule has 112 valence electrons. The van der Waals surface area contributed by atoms with Crippen LogP contribution in [-0.4, -0.2) is 9.78 Å². The summed E-state index contributed by atoms with van der Waals surface area (Å²) in [6, 6.07) is 8.26. The normalized spacial score (nSPS) is 22.7. The second kappa shape index (κ2) is 5.18. The van der Waals surface area contributed by atoms with Crippen molar-refractivity contribution in [1.82, 2.24) is 9.78 Å². The summed E-state index contributed by atoms with van der Waals surface area (Å²) < 4.78 is 39.4. The zero-order valence-electron chi connectivity index (χ0n) is 11.3. The van der Waals surface area contributed by atoms with Crippen molar-refractivity contribution in [3.63, 3.8) is 0 Å². The summed E-state index contributed by atoms with van der Waals surface area (Å²) in [4.78, 5) is 0. The number of nitrogens with two attached hydrogens (primary N) is 1. The maximum absolute atomic E-state index is 12.7. The lowest BCUT2D eigenvalue weighted by Crippen LogP contribution is -2.25. The van der Waals surface area contributed by atoms with Gasteiger partial charge in [-0.1, -0.05) is 24.3 Å². The van der Waals surface area contributed by atoms with Crippen molar-refractivity contribution in [3.05, 3.63) is 53.3 Å². The molecule has 0 aliphatic heterocycles. The topological polar surface area (TPSA) is 43.8 Å². The number of fused-ring (bicyclic) bond motifs is 1. The average Bonchev–Trinajstić information content (AvgIpc) is 2.87. The van der Waals surface area contributed by atoms with Crippen LogP contribution in [0, 0.1) is 0 Å². The van der Waals surface area contributed by atoms with Crippen molar-refractivity contribution in [1.29, 1.82) is 0 Å². The molecule has 0 saturated heterocycles. The zero-order valence-corrected chi connectivity index (χ0v) is 11.3. The predicted molar refractivity (Wildman–Crippen MR) is 72.6 cm³/mol. The average molecular weight is 295 g/mol. The van der Waals surface area contributed by atoms with Gasteiger partial charge in [-0.25, -0.2) is 0 Å². The molecular formula is C15H16F3N3. The Morgan fingerprint density at radius 1 is 1.19 bits per heavy atom. The van der Waals surface area contributed by atoms with Gasteiger partial charge in [0.2, 0.25) is 0 Å². The van der Waals surface area contributed by atoms with Gasteiger partial charge in [0, 0.05) is 6.20 Å². The largest absolute Gasteiger partial charge is 0.435 e. The number of aryl methyl sites for hydroxylation is 1. The van der Waals surface area contributed by atoms with Crippen LogP contribution in [0.15, 0.2) is 36.5 Å². The number of halogens is 3. The van der Waals surface area contributed by atoms with Crippen LogP contribution in [0.5, 0.6) is 0 Å². The Kier molecular flexibility index (Phi) is 3.49. The summed E-state index contributed by atoms with van der Waals surface area (Å²) in [7, 11) is 0. The molecule has 6 heteroatoms. The maximum Gasteiger partial charge on any atom is 0.435 e. The molecule has 0 spiro atoms. The van der Waals surface area contributed by atoms with Crippen LogP contribution in [0.4, 0.5) is 13.2 Å². The zero-order chi connectivity index (χ0) is 15.0. The van der Waals surface area contributed by atoms with E-state index in [0.29, 0.717) is 0 Å². The number of nitrogens with zero attached hydrogens (tertiary/aromatic N) is 2. The molecular weight excluding hydrogens is 279 g/mol. The molecule has 0 saturated carbocycles. The molecule has 1 aromatic heterocycles. The molecule has 0 fully saturated rings. The minimum Gasteiger partial charge on any atom is -0.322 e. The lowest BCUT2D eigenvalue weighted by molar-refractivity contribution is -0.141. The first-order valence-corrected chi connectivity index (χ1v) is 6.92. The third-order valence-corrected chi connectivity index (χ3v) is 4.01. The number of benzene rings is 1. The van der Waals surface area contributed by atoms with Crippen LogP contribution in [-0.2, 0) is 12.6 Å². The van der Waals surface area contributed by atoms with Crippen LogP contribution in [0.1, 0.15) is 41.7 Å². The van der Waals surface area contributed by atoms with Crippen molar-refractivity contribution >= 4 is 0 Å². The Bertz CT molecular complexity index is 633. The fourth-order valence-electron chi connectivity index (χ4n) is 2.95. The van der Waals surface area contributed by atoms with Crippen molar-refractivity contribution in [2.75, 3.05) is 0 Å². The fourth-order valence-corrected chi connectivity index (χ4v) is 2.95. The Morgan fingerprint density at radius 3 is 2.67 bits per heavy atom. The first kappa shape index (κ1) is 14.1. The van der Waals surface area contributed by atoms with Gasteiger partial charge in [0.25, 0.3) is 0 Å². The number of rotatable bonds is 1. The molecule has 1 aliphatic carbocycles. The second-order valence-electron chi connectivity index (χ2n) is 5.36. The van der Waals surface area contributed by atoms with Crippen molar-refractivity contribution < 1.29 is 13.2 Å². The molecule has 2 unspecified atom stereocenters. The number of alkyl halides is 3. The summed E-state index contributed by atoms with van der Waals surface area (Å²) in [5, 5.41) is 3.68. The molecule has 0 bridgehead atoms. The van der Waals surface area contributed by atoms with Gasteiger partial charge in [-0.3, -0.25) is 4.68 Å². The van der Waals surface area contributed by atoms with Gasteiger partial charge in [-0.05, 0) is 36.5 Å². The SMILES string of the molecule is NC1c2ccccc2CCCC1n1ccc(C(F)(F)F)n1. The highest BCUT2D eigenvalue weighted by atomic mass is 19.4. The van der Waals surface area contributed by atoms with Crippen LogP contribution < -0.4 is 5.73 Å². The van der Waals surface area contributed by atoms with E-state index in [0.717, 1.165) is 30.9 Å². The van der Waals surface area contributed by atoms with Crippen LogP contribution in [0.3, 0.4) is 0 Å². The van der Waals surface area contributed by atoms with Crippen molar-refractivity contribution in [2.45, 2.75) is 37.5 Å². The van der Waals surface area contributed by atoms with E-state index in [1.807, 2.05) is 24.3 Å². The highest BCUT2D eigenvalue weighted by Crippen LogP contribution is 2.35. The molecule has 3 nitrogen and oxygen atoms in total. The quantitative estimate of drug-likeness (QED) is 0.819. The number of hydrogen-bond donors (Lipinski definition) is 1. The third-order valence-electron chi connectivity index (χ3n) is 4.01. The van der Waals surface area contributed by atoms with Gasteiger partial charge in [0.05, 0.1) is 12.1 Å². The fraction of sp³-hybridized carbons (Fsp3) is 0.400. The Morgan fingerprint density at radius 2 is 1.95 bits per heavy atom. The first-order valence-electron chi connectivity index (χ1n) is 6.92. The Balaban J connectivity index is 1.94. The third kappa shape index (κ3) is 2.68. The van der Waals surface area contributed by atoms with E-state index in [1.54, 1.807) is 0 Å². The summed E-state index contributed by atoms with van der Waals surface area (Å²) in [6.07, 6.45) is -0.543. The highest BCUT2D eigenvalue weighted by molar-refractivity contribution is 5.32. The highest BCUT2D eigenvalue weighted by Gasteiger charge is 2.35. The van der Waals surface area contributed by atoms with E-state index in [9.17, 15) is 13.2 Å². The van der Waals surface area contributed by atoms with Crippen LogP contribution in [0.25, 0.3) is 0 Å². The van der Waals surface area contributed by atoms with E-state index >= 15 is 0 Å². The first-order chi connectivity index (χ1) is 9.97. The van der Waals surface area contributed by atoms with Gasteiger partial charge in [-0.2, -0.15) is 18.3 Å². The summed E-state index contributed by atoms with van der Waals surface area (Å²) in [5.41, 5.74) is 7.61. The molecule has 0 amide bonds. The molecule has 1 aliphatic rings. The van der Waals surface area contributed by atoms with Crippen LogP contribution in [0.2, 0.25) is 0 Å². The van der Waals surface area contributed by atoms with Crippen molar-refractivity contribution in [3.8, 4) is 0 Å². The molecule has 3 rings (SSSR count). The predicted octanol–water partition coefficient (Wildman–Crippen LogP) is 3.48. The van der Waals surface area contributed by atoms with Gasteiger partial charge in [0.15, 0.2) is 5.69 Å². The maximum atomic E-state index is 12.7. The van der Waals surface area contributed by atoms with E-state index < -0.39 is 11.9 Å². The van der Waals surface area contributed by atoms with Gasteiger partial charge in [0.1, 0.15) is 0 Å². The number of aromatic nitrogens is 2. The molecule has 2 atom stereocenters. The van der Waals surface area contributed by atoms with E-state index in [-0.39, 0.29) is 12.1 Å². The molecule has 2 N–H and O–H groups in total. The smallest absolute Gasteiger partial charge is 0.322 e. The van der Waals surface area contributed by atoms with Crippen LogP contribution >= 0.6 is 0 Å². The summed E-state index contributed by atoms with van der Waals surface area (Å²) >= 11 is 0. The van der Waals surface area contributed by atoms with E-state index in [4.69, 9.17) is 5.73 Å². The molecule has 1 heterocycles. The van der Waals surface area contributed by atoms with Gasteiger partial charge in [-0.15, -0.1) is 0 Å². The summed E-state index contributed by atoms with van der Waals surface area (Å²) in [6.45, 7) is 0. The minimum absolute atomic E-state index is 0.246. The van der Waals surface area contributed by atoms with E-state index in [1.165, 1.54) is 16.4 Å². The van der Waals surface area contributed by atoms with Gasteiger partial charge >= 0.3 is 6.18 Å². The second-order valence-corrected chi connectivity index (χ2v) is 5.36. The molecule has 1 aromatic carbocycles.